The summed E-state index contributed by atoms with van der Waals surface area (Å²) in [4.78, 5) is 14.7. The maximum absolute atomic E-state index is 12.6. The Morgan fingerprint density at radius 2 is 1.48 bits per heavy atom. The van der Waals surface area contributed by atoms with Crippen molar-refractivity contribution >= 4 is 5.91 Å². The molecule has 1 amide bonds. The summed E-state index contributed by atoms with van der Waals surface area (Å²) in [5.41, 5.74) is 2.29. The molecule has 122 valence electrons. The summed E-state index contributed by atoms with van der Waals surface area (Å²) in [5, 5.41) is 3.13. The minimum absolute atomic E-state index is 0.0882. The third-order valence-electron chi connectivity index (χ3n) is 4.20. The lowest BCUT2D eigenvalue weighted by molar-refractivity contribution is -0.122. The lowest BCUT2D eigenvalue weighted by atomic mass is 9.95. The second kappa shape index (κ2) is 8.49. The number of rotatable bonds is 7. The average Bonchev–Trinajstić information content (AvgIpc) is 2.57. The highest BCUT2D eigenvalue weighted by Crippen LogP contribution is 2.21. The highest BCUT2D eigenvalue weighted by molar-refractivity contribution is 5.83. The first-order chi connectivity index (χ1) is 11.1. The molecule has 0 aliphatic carbocycles. The van der Waals surface area contributed by atoms with E-state index in [0.717, 1.165) is 12.0 Å². The first kappa shape index (κ1) is 17.2. The van der Waals surface area contributed by atoms with E-state index in [4.69, 9.17) is 0 Å². The fourth-order valence-electron chi connectivity index (χ4n) is 2.85. The van der Waals surface area contributed by atoms with Gasteiger partial charge in [0.2, 0.25) is 5.91 Å². The summed E-state index contributed by atoms with van der Waals surface area (Å²) in [6.45, 7) is 2.66. The number of carbonyl (C=O) groups excluding carboxylic acids is 1. The van der Waals surface area contributed by atoms with Crippen molar-refractivity contribution in [2.45, 2.75) is 25.3 Å². The quantitative estimate of drug-likeness (QED) is 0.847. The van der Waals surface area contributed by atoms with Gasteiger partial charge in [0.05, 0.1) is 12.0 Å². The van der Waals surface area contributed by atoms with Gasteiger partial charge in [-0.2, -0.15) is 0 Å². The van der Waals surface area contributed by atoms with Crippen molar-refractivity contribution in [3.05, 3.63) is 71.8 Å². The Morgan fingerprint density at radius 1 is 0.957 bits per heavy atom. The zero-order valence-corrected chi connectivity index (χ0v) is 14.2. The van der Waals surface area contributed by atoms with Gasteiger partial charge in [-0.1, -0.05) is 67.6 Å². The normalized spacial score (nSPS) is 13.6. The molecule has 2 aromatic rings. The predicted molar refractivity (Wildman–Crippen MR) is 95.4 cm³/mol. The van der Waals surface area contributed by atoms with Crippen molar-refractivity contribution in [1.29, 1.82) is 0 Å². The summed E-state index contributed by atoms with van der Waals surface area (Å²) in [6.07, 6.45) is 0.799. The van der Waals surface area contributed by atoms with E-state index in [1.807, 2.05) is 62.6 Å². The van der Waals surface area contributed by atoms with Crippen LogP contribution in [-0.4, -0.2) is 31.4 Å². The zero-order valence-electron chi connectivity index (χ0n) is 14.2. The van der Waals surface area contributed by atoms with Crippen LogP contribution in [0.25, 0.3) is 0 Å². The lowest BCUT2D eigenvalue weighted by Crippen LogP contribution is -2.37. The van der Waals surface area contributed by atoms with E-state index in [1.165, 1.54) is 5.56 Å². The lowest BCUT2D eigenvalue weighted by Gasteiger charge is -2.26. The second-order valence-corrected chi connectivity index (χ2v) is 6.01. The van der Waals surface area contributed by atoms with Crippen molar-refractivity contribution in [2.75, 3.05) is 20.6 Å². The molecule has 0 fully saturated rings. The van der Waals surface area contributed by atoms with Crippen LogP contribution in [0.15, 0.2) is 60.7 Å². The monoisotopic (exact) mass is 310 g/mol. The average molecular weight is 310 g/mol. The van der Waals surface area contributed by atoms with Gasteiger partial charge in [-0.15, -0.1) is 0 Å². The molecule has 2 aromatic carbocycles. The largest absolute Gasteiger partial charge is 0.354 e. The number of likely N-dealkylation sites (N-methyl/N-ethyl adjacent to an activating group) is 1. The SMILES string of the molecule is CCC(C(=O)NCC(c1ccccc1)N(C)C)c1ccccc1. The molecule has 0 radical (unpaired) electrons. The van der Waals surface area contributed by atoms with Crippen molar-refractivity contribution in [3.63, 3.8) is 0 Å². The van der Waals surface area contributed by atoms with E-state index in [-0.39, 0.29) is 17.9 Å². The molecular weight excluding hydrogens is 284 g/mol. The number of benzene rings is 2. The van der Waals surface area contributed by atoms with Gasteiger partial charge >= 0.3 is 0 Å². The highest BCUT2D eigenvalue weighted by Gasteiger charge is 2.20. The van der Waals surface area contributed by atoms with Crippen LogP contribution in [-0.2, 0) is 4.79 Å². The van der Waals surface area contributed by atoms with Crippen LogP contribution in [0.5, 0.6) is 0 Å². The summed E-state index contributed by atoms with van der Waals surface area (Å²) < 4.78 is 0. The molecule has 0 heterocycles. The Hall–Kier alpha value is -2.13. The van der Waals surface area contributed by atoms with Gasteiger partial charge in [-0.25, -0.2) is 0 Å². The van der Waals surface area contributed by atoms with E-state index in [0.29, 0.717) is 6.54 Å². The number of hydrogen-bond donors (Lipinski definition) is 1. The fourth-order valence-corrected chi connectivity index (χ4v) is 2.85. The summed E-state index contributed by atoms with van der Waals surface area (Å²) in [7, 11) is 4.08. The highest BCUT2D eigenvalue weighted by atomic mass is 16.1. The van der Waals surface area contributed by atoms with Gasteiger partial charge in [-0.3, -0.25) is 4.79 Å². The minimum atomic E-state index is -0.0882. The number of nitrogens with zero attached hydrogens (tertiary/aromatic N) is 1. The summed E-state index contributed by atoms with van der Waals surface area (Å²) in [5.74, 6) is 0.0104. The number of amides is 1. The van der Waals surface area contributed by atoms with Crippen LogP contribution in [0, 0.1) is 0 Å². The number of carbonyl (C=O) groups is 1. The van der Waals surface area contributed by atoms with Crippen LogP contribution in [0.2, 0.25) is 0 Å². The van der Waals surface area contributed by atoms with Gasteiger partial charge in [0.25, 0.3) is 0 Å². The predicted octanol–water partition coefficient (Wildman–Crippen LogP) is 3.60. The zero-order chi connectivity index (χ0) is 16.7. The van der Waals surface area contributed by atoms with Gasteiger partial charge in [-0.05, 0) is 31.6 Å². The third kappa shape index (κ3) is 4.67. The first-order valence-electron chi connectivity index (χ1n) is 8.17. The first-order valence-corrected chi connectivity index (χ1v) is 8.17. The van der Waals surface area contributed by atoms with Crippen LogP contribution in [0.1, 0.15) is 36.4 Å². The molecule has 0 saturated heterocycles. The van der Waals surface area contributed by atoms with Crippen molar-refractivity contribution in [2.24, 2.45) is 0 Å². The van der Waals surface area contributed by atoms with E-state index >= 15 is 0 Å². The van der Waals surface area contributed by atoms with Crippen molar-refractivity contribution < 1.29 is 4.79 Å². The van der Waals surface area contributed by atoms with Gasteiger partial charge < -0.3 is 10.2 Å². The molecule has 3 nitrogen and oxygen atoms in total. The van der Waals surface area contributed by atoms with Crippen molar-refractivity contribution in [3.8, 4) is 0 Å². The molecular formula is C20H26N2O. The molecule has 1 N–H and O–H groups in total. The molecule has 0 aliphatic heterocycles. The molecule has 0 bridgehead atoms. The Labute approximate surface area is 139 Å². The molecule has 2 unspecified atom stereocenters. The summed E-state index contributed by atoms with van der Waals surface area (Å²) in [6, 6.07) is 20.4. The van der Waals surface area contributed by atoms with Gasteiger partial charge in [0.1, 0.15) is 0 Å². The minimum Gasteiger partial charge on any atom is -0.354 e. The molecule has 2 atom stereocenters. The van der Waals surface area contributed by atoms with E-state index in [2.05, 4.69) is 29.3 Å². The number of nitrogens with one attached hydrogen (secondary N) is 1. The molecule has 0 aliphatic rings. The molecule has 0 spiro atoms. The number of hydrogen-bond acceptors (Lipinski definition) is 2. The molecule has 0 saturated carbocycles. The van der Waals surface area contributed by atoms with Crippen LogP contribution in [0.3, 0.4) is 0 Å². The Bertz CT molecular complexity index is 596. The molecule has 3 heteroatoms. The fraction of sp³-hybridized carbons (Fsp3) is 0.350. The van der Waals surface area contributed by atoms with E-state index in [1.54, 1.807) is 0 Å². The summed E-state index contributed by atoms with van der Waals surface area (Å²) >= 11 is 0. The maximum Gasteiger partial charge on any atom is 0.227 e. The topological polar surface area (TPSA) is 32.3 Å². The third-order valence-corrected chi connectivity index (χ3v) is 4.20. The Morgan fingerprint density at radius 3 is 1.96 bits per heavy atom. The Balaban J connectivity index is 2.04. The standard InChI is InChI=1S/C20H26N2O/c1-4-18(16-11-7-5-8-12-16)20(23)21-15-19(22(2)3)17-13-9-6-10-14-17/h5-14,18-19H,4,15H2,1-3H3,(H,21,23). The van der Waals surface area contributed by atoms with Gasteiger partial charge in [0, 0.05) is 6.54 Å². The van der Waals surface area contributed by atoms with Crippen LogP contribution < -0.4 is 5.32 Å². The van der Waals surface area contributed by atoms with Crippen LogP contribution >= 0.6 is 0 Å². The smallest absolute Gasteiger partial charge is 0.227 e. The second-order valence-electron chi connectivity index (χ2n) is 6.01. The Kier molecular flexibility index (Phi) is 6.36. The van der Waals surface area contributed by atoms with E-state index < -0.39 is 0 Å². The molecule has 0 aromatic heterocycles. The maximum atomic E-state index is 12.6. The molecule has 23 heavy (non-hydrogen) atoms. The molecule has 2 rings (SSSR count). The van der Waals surface area contributed by atoms with Gasteiger partial charge in [0.15, 0.2) is 0 Å². The van der Waals surface area contributed by atoms with Crippen molar-refractivity contribution in [1.82, 2.24) is 10.2 Å². The van der Waals surface area contributed by atoms with Crippen LogP contribution in [0.4, 0.5) is 0 Å². The van der Waals surface area contributed by atoms with E-state index in [9.17, 15) is 4.79 Å².